The van der Waals surface area contributed by atoms with Gasteiger partial charge < -0.3 is 5.32 Å². The van der Waals surface area contributed by atoms with Crippen molar-refractivity contribution < 1.29 is 0 Å². The predicted molar refractivity (Wildman–Crippen MR) is 68.9 cm³/mol. The molecule has 2 heterocycles. The maximum absolute atomic E-state index is 4.37. The highest BCUT2D eigenvalue weighted by molar-refractivity contribution is 5.53. The molecule has 0 aliphatic heterocycles. The maximum Gasteiger partial charge on any atom is 0.0892 e. The van der Waals surface area contributed by atoms with Gasteiger partial charge in [-0.2, -0.15) is 5.10 Å². The Morgan fingerprint density at radius 3 is 2.94 bits per heavy atom. The molecule has 17 heavy (non-hydrogen) atoms. The molecular formula is C13H20N4. The molecule has 0 aliphatic carbocycles. The van der Waals surface area contributed by atoms with Crippen molar-refractivity contribution in [2.45, 2.75) is 32.7 Å². The largest absolute Gasteiger partial charge is 0.313 e. The van der Waals surface area contributed by atoms with Crippen molar-refractivity contribution in [1.82, 2.24) is 19.9 Å². The first-order valence-electron chi connectivity index (χ1n) is 6.22. The van der Waals surface area contributed by atoms with Gasteiger partial charge in [-0.15, -0.1) is 0 Å². The molecule has 1 N–H and O–H groups in total. The fourth-order valence-electron chi connectivity index (χ4n) is 2.46. The minimum Gasteiger partial charge on any atom is -0.313 e. The summed E-state index contributed by atoms with van der Waals surface area (Å²) >= 11 is 0. The normalized spacial score (nSPS) is 15.0. The van der Waals surface area contributed by atoms with Gasteiger partial charge >= 0.3 is 0 Å². The number of nitrogens with one attached hydrogen (secondary N) is 1. The zero-order valence-corrected chi connectivity index (χ0v) is 10.7. The van der Waals surface area contributed by atoms with Crippen LogP contribution in [0.5, 0.6) is 0 Å². The number of nitrogens with zero attached hydrogens (tertiary/aromatic N) is 3. The van der Waals surface area contributed by atoms with E-state index in [2.05, 4.69) is 29.2 Å². The topological polar surface area (TPSA) is 42.2 Å². The van der Waals surface area contributed by atoms with E-state index in [-0.39, 0.29) is 0 Å². The molecule has 2 aromatic rings. The van der Waals surface area contributed by atoms with E-state index in [0.717, 1.165) is 5.52 Å². The number of fused-ring (bicyclic) bond motifs is 1. The van der Waals surface area contributed by atoms with Crippen LogP contribution in [0.1, 0.15) is 38.3 Å². The van der Waals surface area contributed by atoms with Crippen LogP contribution in [0, 0.1) is 5.92 Å². The van der Waals surface area contributed by atoms with E-state index in [1.165, 1.54) is 18.4 Å². The van der Waals surface area contributed by atoms with E-state index in [9.17, 15) is 0 Å². The Balaban J connectivity index is 2.36. The highest BCUT2D eigenvalue weighted by Gasteiger charge is 2.20. The second kappa shape index (κ2) is 5.27. The minimum absolute atomic E-state index is 0.344. The summed E-state index contributed by atoms with van der Waals surface area (Å²) in [7, 11) is 2.01. The van der Waals surface area contributed by atoms with E-state index >= 15 is 0 Å². The SMILES string of the molecule is CCCC(C)C(NC)c1cnn2ccncc12. The van der Waals surface area contributed by atoms with Gasteiger partial charge in [0, 0.05) is 24.0 Å². The van der Waals surface area contributed by atoms with Crippen molar-refractivity contribution in [1.29, 1.82) is 0 Å². The fourth-order valence-corrected chi connectivity index (χ4v) is 2.46. The second-order valence-electron chi connectivity index (χ2n) is 4.54. The Bertz CT molecular complexity index is 477. The van der Waals surface area contributed by atoms with Crippen LogP contribution in [-0.2, 0) is 0 Å². The zero-order chi connectivity index (χ0) is 12.3. The Labute approximate surface area is 102 Å². The van der Waals surface area contributed by atoms with E-state index in [4.69, 9.17) is 0 Å². The third-order valence-electron chi connectivity index (χ3n) is 3.31. The Morgan fingerprint density at radius 2 is 2.24 bits per heavy atom. The lowest BCUT2D eigenvalue weighted by molar-refractivity contribution is 0.386. The molecule has 0 saturated heterocycles. The lowest BCUT2D eigenvalue weighted by Crippen LogP contribution is -2.23. The van der Waals surface area contributed by atoms with Gasteiger partial charge in [0.2, 0.25) is 0 Å². The van der Waals surface area contributed by atoms with Crippen LogP contribution < -0.4 is 5.32 Å². The molecular weight excluding hydrogens is 212 g/mol. The summed E-state index contributed by atoms with van der Waals surface area (Å²) in [6.45, 7) is 4.51. The number of rotatable bonds is 5. The first-order valence-corrected chi connectivity index (χ1v) is 6.22. The monoisotopic (exact) mass is 232 g/mol. The van der Waals surface area contributed by atoms with Crippen molar-refractivity contribution in [3.05, 3.63) is 30.4 Å². The molecule has 0 aliphatic rings. The van der Waals surface area contributed by atoms with E-state index in [1.807, 2.05) is 30.2 Å². The summed E-state index contributed by atoms with van der Waals surface area (Å²) < 4.78 is 1.88. The van der Waals surface area contributed by atoms with Gasteiger partial charge in [0.1, 0.15) is 0 Å². The molecule has 4 heteroatoms. The van der Waals surface area contributed by atoms with Crippen LogP contribution in [0.3, 0.4) is 0 Å². The highest BCUT2D eigenvalue weighted by atomic mass is 15.2. The molecule has 0 spiro atoms. The van der Waals surface area contributed by atoms with Gasteiger partial charge in [0.05, 0.1) is 17.9 Å². The van der Waals surface area contributed by atoms with Gasteiger partial charge in [0.25, 0.3) is 0 Å². The quantitative estimate of drug-likeness (QED) is 0.861. The van der Waals surface area contributed by atoms with E-state index in [1.54, 1.807) is 6.20 Å². The molecule has 2 unspecified atom stereocenters. The Hall–Kier alpha value is -1.42. The van der Waals surface area contributed by atoms with E-state index < -0.39 is 0 Å². The fraction of sp³-hybridized carbons (Fsp3) is 0.538. The number of hydrogen-bond donors (Lipinski definition) is 1. The van der Waals surface area contributed by atoms with Crippen LogP contribution >= 0.6 is 0 Å². The van der Waals surface area contributed by atoms with Crippen LogP contribution in [0.2, 0.25) is 0 Å². The average Bonchev–Trinajstić information content (AvgIpc) is 2.75. The molecule has 0 radical (unpaired) electrons. The van der Waals surface area contributed by atoms with E-state index in [0.29, 0.717) is 12.0 Å². The molecule has 0 aromatic carbocycles. The number of hydrogen-bond acceptors (Lipinski definition) is 3. The third-order valence-corrected chi connectivity index (χ3v) is 3.31. The molecule has 0 bridgehead atoms. The van der Waals surface area contributed by atoms with Gasteiger partial charge in [0.15, 0.2) is 0 Å². The average molecular weight is 232 g/mol. The first kappa shape index (κ1) is 12.0. The van der Waals surface area contributed by atoms with Crippen molar-refractivity contribution in [2.75, 3.05) is 7.05 Å². The zero-order valence-electron chi connectivity index (χ0n) is 10.7. The van der Waals surface area contributed by atoms with Crippen LogP contribution in [0.25, 0.3) is 5.52 Å². The smallest absolute Gasteiger partial charge is 0.0892 e. The van der Waals surface area contributed by atoms with Crippen LogP contribution in [0.4, 0.5) is 0 Å². The molecule has 2 atom stereocenters. The molecule has 2 rings (SSSR count). The minimum atomic E-state index is 0.344. The molecule has 2 aromatic heterocycles. The van der Waals surface area contributed by atoms with Gasteiger partial charge in [-0.25, -0.2) is 4.52 Å². The summed E-state index contributed by atoms with van der Waals surface area (Å²) in [6, 6.07) is 0.344. The van der Waals surface area contributed by atoms with Crippen LogP contribution in [-0.4, -0.2) is 21.6 Å². The van der Waals surface area contributed by atoms with Gasteiger partial charge in [-0.05, 0) is 19.4 Å². The first-order chi connectivity index (χ1) is 8.27. The molecule has 0 amide bonds. The van der Waals surface area contributed by atoms with Crippen LogP contribution in [0.15, 0.2) is 24.8 Å². The summed E-state index contributed by atoms with van der Waals surface area (Å²) in [4.78, 5) is 4.18. The van der Waals surface area contributed by atoms with Crippen molar-refractivity contribution in [3.63, 3.8) is 0 Å². The predicted octanol–water partition coefficient (Wildman–Crippen LogP) is 2.43. The lowest BCUT2D eigenvalue weighted by atomic mass is 9.92. The Morgan fingerprint density at radius 1 is 1.41 bits per heavy atom. The third kappa shape index (κ3) is 2.31. The van der Waals surface area contributed by atoms with Gasteiger partial charge in [-0.3, -0.25) is 4.98 Å². The van der Waals surface area contributed by atoms with Crippen molar-refractivity contribution >= 4 is 5.52 Å². The standard InChI is InChI=1S/C13H20N4/c1-4-5-10(2)13(14-3)11-8-16-17-7-6-15-9-12(11)17/h6-10,13-14H,4-5H2,1-3H3. The number of aromatic nitrogens is 3. The van der Waals surface area contributed by atoms with Gasteiger partial charge in [-0.1, -0.05) is 20.3 Å². The molecule has 92 valence electrons. The summed E-state index contributed by atoms with van der Waals surface area (Å²) in [5.41, 5.74) is 2.33. The van der Waals surface area contributed by atoms with Crippen molar-refractivity contribution in [2.24, 2.45) is 5.92 Å². The van der Waals surface area contributed by atoms with Crippen molar-refractivity contribution in [3.8, 4) is 0 Å². The summed E-state index contributed by atoms with van der Waals surface area (Å²) in [5, 5.41) is 7.77. The second-order valence-corrected chi connectivity index (χ2v) is 4.54. The molecule has 4 nitrogen and oxygen atoms in total. The lowest BCUT2D eigenvalue weighted by Gasteiger charge is -2.22. The maximum atomic E-state index is 4.37. The molecule has 0 fully saturated rings. The molecule has 0 saturated carbocycles. The highest BCUT2D eigenvalue weighted by Crippen LogP contribution is 2.27. The Kier molecular flexibility index (Phi) is 3.74. The summed E-state index contributed by atoms with van der Waals surface area (Å²) in [5.74, 6) is 0.596. The summed E-state index contributed by atoms with van der Waals surface area (Å²) in [6.07, 6.45) is 9.89.